The van der Waals surface area contributed by atoms with E-state index in [1.165, 1.54) is 5.56 Å². The molecule has 1 saturated heterocycles. The average molecular weight is 246 g/mol. The van der Waals surface area contributed by atoms with E-state index in [2.05, 4.69) is 22.5 Å². The van der Waals surface area contributed by atoms with Gasteiger partial charge in [-0.15, -0.1) is 0 Å². The fraction of sp³-hybridized carbons (Fsp3) is 0.500. The second kappa shape index (κ2) is 4.61. The van der Waals surface area contributed by atoms with E-state index in [9.17, 15) is 0 Å². The lowest BCUT2D eigenvalue weighted by atomic mass is 10.1. The quantitative estimate of drug-likeness (QED) is 0.836. The molecule has 4 heteroatoms. The van der Waals surface area contributed by atoms with E-state index < -0.39 is 0 Å². The molecule has 0 aromatic carbocycles. The van der Waals surface area contributed by atoms with Gasteiger partial charge in [0.15, 0.2) is 11.6 Å². The van der Waals surface area contributed by atoms with Crippen molar-refractivity contribution >= 4 is 0 Å². The van der Waals surface area contributed by atoms with Crippen molar-refractivity contribution in [2.24, 2.45) is 5.92 Å². The molecule has 0 N–H and O–H groups in total. The maximum absolute atomic E-state index is 5.75. The predicted molar refractivity (Wildman–Crippen MR) is 68.3 cm³/mol. The molecule has 1 fully saturated rings. The Hall–Kier alpha value is -1.55. The fourth-order valence-electron chi connectivity index (χ4n) is 2.37. The number of aromatic nitrogens is 2. The Morgan fingerprint density at radius 3 is 3.00 bits per heavy atom. The molecule has 2 aromatic rings. The molecule has 0 aliphatic carbocycles. The van der Waals surface area contributed by atoms with Crippen LogP contribution in [0.15, 0.2) is 22.9 Å². The third kappa shape index (κ3) is 2.08. The molecule has 96 valence electrons. The topological polar surface area (TPSA) is 40.2 Å². The second-order valence-corrected chi connectivity index (χ2v) is 4.98. The summed E-state index contributed by atoms with van der Waals surface area (Å²) in [6.07, 6.45) is 4.98. The number of hydrogen-bond acceptors (Lipinski definition) is 3. The first-order valence-electron chi connectivity index (χ1n) is 6.40. The normalized spacial score (nSPS) is 19.6. The van der Waals surface area contributed by atoms with Gasteiger partial charge >= 0.3 is 0 Å². The zero-order valence-electron chi connectivity index (χ0n) is 10.8. The smallest absolute Gasteiger partial charge is 0.176 e. The van der Waals surface area contributed by atoms with Crippen LogP contribution in [0.4, 0.5) is 0 Å². The van der Waals surface area contributed by atoms with Crippen LogP contribution in [0.3, 0.4) is 0 Å². The van der Waals surface area contributed by atoms with Gasteiger partial charge in [0.2, 0.25) is 0 Å². The van der Waals surface area contributed by atoms with Crippen LogP contribution in [0.5, 0.6) is 0 Å². The summed E-state index contributed by atoms with van der Waals surface area (Å²) in [6, 6.07) is 2.05. The third-order valence-electron chi connectivity index (χ3n) is 3.58. The van der Waals surface area contributed by atoms with Gasteiger partial charge in [-0.25, -0.2) is 4.98 Å². The van der Waals surface area contributed by atoms with E-state index in [1.807, 2.05) is 19.3 Å². The fourth-order valence-corrected chi connectivity index (χ4v) is 2.37. The largest absolute Gasteiger partial charge is 0.458 e. The summed E-state index contributed by atoms with van der Waals surface area (Å²) in [5.41, 5.74) is 1.17. The maximum Gasteiger partial charge on any atom is 0.176 e. The van der Waals surface area contributed by atoms with Gasteiger partial charge in [-0.1, -0.05) is 0 Å². The van der Waals surface area contributed by atoms with Gasteiger partial charge < -0.3 is 13.7 Å². The highest BCUT2D eigenvalue weighted by Crippen LogP contribution is 2.25. The molecule has 4 nitrogen and oxygen atoms in total. The van der Waals surface area contributed by atoms with E-state index >= 15 is 0 Å². The van der Waals surface area contributed by atoms with Crippen LogP contribution in [0.25, 0.3) is 11.6 Å². The van der Waals surface area contributed by atoms with Gasteiger partial charge in [-0.3, -0.25) is 0 Å². The summed E-state index contributed by atoms with van der Waals surface area (Å²) in [4.78, 5) is 4.41. The Balaban J connectivity index is 1.86. The van der Waals surface area contributed by atoms with Gasteiger partial charge in [0, 0.05) is 31.5 Å². The van der Waals surface area contributed by atoms with Crippen LogP contribution in [-0.4, -0.2) is 22.8 Å². The highest BCUT2D eigenvalue weighted by atomic mass is 16.5. The summed E-state index contributed by atoms with van der Waals surface area (Å²) in [5, 5.41) is 0. The monoisotopic (exact) mass is 246 g/mol. The molecule has 2 aromatic heterocycles. The van der Waals surface area contributed by atoms with Crippen molar-refractivity contribution in [1.82, 2.24) is 9.55 Å². The van der Waals surface area contributed by atoms with Crippen molar-refractivity contribution in [3.63, 3.8) is 0 Å². The molecule has 1 unspecified atom stereocenters. The Morgan fingerprint density at radius 2 is 2.33 bits per heavy atom. The van der Waals surface area contributed by atoms with E-state index in [0.717, 1.165) is 43.5 Å². The predicted octanol–water partition coefficient (Wildman–Crippen LogP) is 2.80. The van der Waals surface area contributed by atoms with Crippen molar-refractivity contribution < 1.29 is 9.15 Å². The zero-order valence-corrected chi connectivity index (χ0v) is 10.8. The van der Waals surface area contributed by atoms with Crippen LogP contribution in [0.1, 0.15) is 17.7 Å². The lowest BCUT2D eigenvalue weighted by Crippen LogP contribution is -2.10. The molecule has 0 bridgehead atoms. The lowest BCUT2D eigenvalue weighted by molar-refractivity contribution is 0.182. The first kappa shape index (κ1) is 11.5. The van der Waals surface area contributed by atoms with Crippen LogP contribution in [-0.2, 0) is 11.3 Å². The summed E-state index contributed by atoms with van der Waals surface area (Å²) in [7, 11) is 0. The van der Waals surface area contributed by atoms with Gasteiger partial charge in [0.1, 0.15) is 5.76 Å². The molecule has 3 rings (SSSR count). The van der Waals surface area contributed by atoms with Crippen LogP contribution < -0.4 is 0 Å². The molecular weight excluding hydrogens is 228 g/mol. The minimum atomic E-state index is 0.593. The van der Waals surface area contributed by atoms with Crippen molar-refractivity contribution in [1.29, 1.82) is 0 Å². The molecule has 0 saturated carbocycles. The highest BCUT2D eigenvalue weighted by Gasteiger charge is 2.19. The van der Waals surface area contributed by atoms with Gasteiger partial charge in [-0.05, 0) is 31.9 Å². The first-order chi connectivity index (χ1) is 8.74. The summed E-state index contributed by atoms with van der Waals surface area (Å²) in [5.74, 6) is 3.32. The molecule has 3 heterocycles. The Kier molecular flexibility index (Phi) is 2.96. The number of rotatable bonds is 3. The molecule has 0 radical (unpaired) electrons. The number of ether oxygens (including phenoxy) is 1. The average Bonchev–Trinajstić information content (AvgIpc) is 3.03. The molecule has 1 aliphatic heterocycles. The molecule has 0 spiro atoms. The number of furan rings is 1. The Morgan fingerprint density at radius 1 is 1.44 bits per heavy atom. The van der Waals surface area contributed by atoms with Crippen molar-refractivity contribution in [2.45, 2.75) is 26.8 Å². The number of nitrogens with zero attached hydrogens (tertiary/aromatic N) is 2. The molecular formula is C14H18N2O2. The van der Waals surface area contributed by atoms with Crippen molar-refractivity contribution in [2.75, 3.05) is 13.2 Å². The van der Waals surface area contributed by atoms with Crippen LogP contribution in [0, 0.1) is 19.8 Å². The number of imidazole rings is 1. The zero-order chi connectivity index (χ0) is 12.5. The van der Waals surface area contributed by atoms with E-state index in [4.69, 9.17) is 9.15 Å². The standard InChI is InChI=1S/C14H18N2O2/c1-10-7-13(18-11(10)2)14-15-4-5-16(14)8-12-3-6-17-9-12/h4-5,7,12H,3,6,8-9H2,1-2H3. The molecule has 1 aliphatic rings. The van der Waals surface area contributed by atoms with Crippen LogP contribution >= 0.6 is 0 Å². The SMILES string of the molecule is Cc1cc(-c2nccn2CC2CCOC2)oc1C. The summed E-state index contributed by atoms with van der Waals surface area (Å²) in [6.45, 7) is 6.73. The Bertz CT molecular complexity index is 516. The summed E-state index contributed by atoms with van der Waals surface area (Å²) < 4.78 is 13.3. The first-order valence-corrected chi connectivity index (χ1v) is 6.40. The van der Waals surface area contributed by atoms with E-state index in [1.54, 1.807) is 0 Å². The third-order valence-corrected chi connectivity index (χ3v) is 3.58. The van der Waals surface area contributed by atoms with Gasteiger partial charge in [0.05, 0.1) is 6.61 Å². The van der Waals surface area contributed by atoms with Gasteiger partial charge in [-0.2, -0.15) is 0 Å². The lowest BCUT2D eigenvalue weighted by Gasteiger charge is -2.10. The van der Waals surface area contributed by atoms with Gasteiger partial charge in [0.25, 0.3) is 0 Å². The second-order valence-electron chi connectivity index (χ2n) is 4.98. The summed E-state index contributed by atoms with van der Waals surface area (Å²) >= 11 is 0. The highest BCUT2D eigenvalue weighted by molar-refractivity contribution is 5.50. The molecule has 18 heavy (non-hydrogen) atoms. The van der Waals surface area contributed by atoms with Crippen molar-refractivity contribution in [3.8, 4) is 11.6 Å². The van der Waals surface area contributed by atoms with E-state index in [0.29, 0.717) is 5.92 Å². The minimum absolute atomic E-state index is 0.593. The molecule has 1 atom stereocenters. The maximum atomic E-state index is 5.75. The number of aryl methyl sites for hydroxylation is 2. The van der Waals surface area contributed by atoms with E-state index in [-0.39, 0.29) is 0 Å². The Labute approximate surface area is 107 Å². The van der Waals surface area contributed by atoms with Crippen LogP contribution in [0.2, 0.25) is 0 Å². The number of hydrogen-bond donors (Lipinski definition) is 0. The van der Waals surface area contributed by atoms with Crippen molar-refractivity contribution in [3.05, 3.63) is 29.8 Å². The minimum Gasteiger partial charge on any atom is -0.458 e. The molecule has 0 amide bonds.